The zero-order valence-electron chi connectivity index (χ0n) is 12.0. The highest BCUT2D eigenvalue weighted by molar-refractivity contribution is 5.93. The standard InChI is InChI=1S/C15H17N3O3/c1-8(14(19)17-11-4-5-11)18-9(2)16-12-7-10(15(20)21)3-6-13(12)18/h3,6-8,11H,4-5H2,1-2H3,(H,17,19)(H,20,21). The molecule has 110 valence electrons. The fraction of sp³-hybridized carbons (Fsp3) is 0.400. The van der Waals surface area contributed by atoms with Crippen LogP contribution in [0.25, 0.3) is 11.0 Å². The van der Waals surface area contributed by atoms with Gasteiger partial charge in [0.05, 0.1) is 16.6 Å². The Morgan fingerprint density at radius 1 is 1.43 bits per heavy atom. The summed E-state index contributed by atoms with van der Waals surface area (Å²) in [5, 5.41) is 12.0. The third-order valence-electron chi connectivity index (χ3n) is 3.80. The van der Waals surface area contributed by atoms with E-state index in [0.717, 1.165) is 18.4 Å². The van der Waals surface area contributed by atoms with Crippen LogP contribution < -0.4 is 5.32 Å². The minimum absolute atomic E-state index is 0.0257. The lowest BCUT2D eigenvalue weighted by Gasteiger charge is -2.16. The van der Waals surface area contributed by atoms with E-state index in [1.807, 2.05) is 18.4 Å². The molecule has 0 radical (unpaired) electrons. The van der Waals surface area contributed by atoms with Gasteiger partial charge in [0.15, 0.2) is 0 Å². The number of carboxylic acids is 1. The Morgan fingerprint density at radius 2 is 2.14 bits per heavy atom. The molecule has 1 heterocycles. The Morgan fingerprint density at radius 3 is 2.76 bits per heavy atom. The molecule has 1 fully saturated rings. The van der Waals surface area contributed by atoms with Gasteiger partial charge in [-0.05, 0) is 44.9 Å². The third kappa shape index (κ3) is 2.49. The smallest absolute Gasteiger partial charge is 0.335 e. The molecular formula is C15H17N3O3. The average Bonchev–Trinajstić information content (AvgIpc) is 3.17. The van der Waals surface area contributed by atoms with Crippen LogP contribution in [0.2, 0.25) is 0 Å². The molecule has 0 saturated heterocycles. The van der Waals surface area contributed by atoms with E-state index in [0.29, 0.717) is 17.4 Å². The van der Waals surface area contributed by atoms with Crippen molar-refractivity contribution in [3.05, 3.63) is 29.6 Å². The number of carbonyl (C=O) groups excluding carboxylic acids is 1. The predicted molar refractivity (Wildman–Crippen MR) is 77.3 cm³/mol. The molecule has 6 nitrogen and oxygen atoms in total. The molecule has 0 bridgehead atoms. The van der Waals surface area contributed by atoms with Crippen molar-refractivity contribution < 1.29 is 14.7 Å². The summed E-state index contributed by atoms with van der Waals surface area (Å²) >= 11 is 0. The Bertz CT molecular complexity index is 731. The maximum Gasteiger partial charge on any atom is 0.335 e. The van der Waals surface area contributed by atoms with Crippen LogP contribution >= 0.6 is 0 Å². The highest BCUT2D eigenvalue weighted by Gasteiger charge is 2.27. The largest absolute Gasteiger partial charge is 0.478 e. The van der Waals surface area contributed by atoms with E-state index in [2.05, 4.69) is 10.3 Å². The van der Waals surface area contributed by atoms with Crippen LogP contribution in [0.15, 0.2) is 18.2 Å². The monoisotopic (exact) mass is 287 g/mol. The number of fused-ring (bicyclic) bond motifs is 1. The Balaban J connectivity index is 1.99. The number of aryl methyl sites for hydroxylation is 1. The van der Waals surface area contributed by atoms with E-state index in [1.54, 1.807) is 6.07 Å². The summed E-state index contributed by atoms with van der Waals surface area (Å²) in [5.74, 6) is -0.308. The molecule has 1 saturated carbocycles. The summed E-state index contributed by atoms with van der Waals surface area (Å²) in [6, 6.07) is 4.72. The molecule has 1 atom stereocenters. The number of benzene rings is 1. The van der Waals surface area contributed by atoms with Gasteiger partial charge in [-0.3, -0.25) is 4.79 Å². The first kappa shape index (κ1) is 13.6. The molecule has 21 heavy (non-hydrogen) atoms. The van der Waals surface area contributed by atoms with Crippen molar-refractivity contribution in [3.8, 4) is 0 Å². The van der Waals surface area contributed by atoms with Gasteiger partial charge < -0.3 is 15.0 Å². The number of nitrogens with zero attached hydrogens (tertiary/aromatic N) is 2. The molecule has 1 aliphatic rings. The van der Waals surface area contributed by atoms with Crippen LogP contribution in [-0.4, -0.2) is 32.6 Å². The van der Waals surface area contributed by atoms with Crippen molar-refractivity contribution in [2.75, 3.05) is 0 Å². The highest BCUT2D eigenvalue weighted by Crippen LogP contribution is 2.24. The first-order valence-electron chi connectivity index (χ1n) is 6.99. The van der Waals surface area contributed by atoms with Gasteiger partial charge in [0.25, 0.3) is 0 Å². The molecule has 3 rings (SSSR count). The van der Waals surface area contributed by atoms with Crippen molar-refractivity contribution >= 4 is 22.9 Å². The van der Waals surface area contributed by atoms with Crippen molar-refractivity contribution in [1.29, 1.82) is 0 Å². The van der Waals surface area contributed by atoms with E-state index < -0.39 is 5.97 Å². The average molecular weight is 287 g/mol. The summed E-state index contributed by atoms with van der Waals surface area (Å²) in [6.07, 6.45) is 2.09. The van der Waals surface area contributed by atoms with Crippen molar-refractivity contribution in [2.45, 2.75) is 38.8 Å². The van der Waals surface area contributed by atoms with Gasteiger partial charge in [0.1, 0.15) is 11.9 Å². The van der Waals surface area contributed by atoms with Crippen molar-refractivity contribution in [2.24, 2.45) is 0 Å². The number of amides is 1. The van der Waals surface area contributed by atoms with Gasteiger partial charge in [0, 0.05) is 6.04 Å². The number of carboxylic acid groups (broad SMARTS) is 1. The number of hydrogen-bond acceptors (Lipinski definition) is 3. The molecule has 1 aromatic carbocycles. The Labute approximate surface area is 121 Å². The molecule has 0 spiro atoms. The quantitative estimate of drug-likeness (QED) is 0.899. The minimum Gasteiger partial charge on any atom is -0.478 e. The molecule has 1 unspecified atom stereocenters. The second-order valence-corrected chi connectivity index (χ2v) is 5.50. The van der Waals surface area contributed by atoms with Gasteiger partial charge in [0.2, 0.25) is 5.91 Å². The van der Waals surface area contributed by atoms with Crippen LogP contribution in [0.5, 0.6) is 0 Å². The number of hydrogen-bond donors (Lipinski definition) is 2. The normalized spacial score (nSPS) is 15.9. The van der Waals surface area contributed by atoms with Crippen LogP contribution in [0, 0.1) is 6.92 Å². The lowest BCUT2D eigenvalue weighted by Crippen LogP contribution is -2.32. The zero-order chi connectivity index (χ0) is 15.1. The van der Waals surface area contributed by atoms with Gasteiger partial charge in [-0.25, -0.2) is 9.78 Å². The number of rotatable bonds is 4. The fourth-order valence-corrected chi connectivity index (χ4v) is 2.51. The van der Waals surface area contributed by atoms with Crippen molar-refractivity contribution in [1.82, 2.24) is 14.9 Å². The number of nitrogens with one attached hydrogen (secondary N) is 1. The Kier molecular flexibility index (Phi) is 3.16. The first-order chi connectivity index (χ1) is 9.97. The van der Waals surface area contributed by atoms with E-state index in [1.165, 1.54) is 12.1 Å². The molecule has 1 aliphatic carbocycles. The van der Waals surface area contributed by atoms with Gasteiger partial charge in [-0.15, -0.1) is 0 Å². The minimum atomic E-state index is -0.983. The second kappa shape index (κ2) is 4.87. The molecule has 0 aliphatic heterocycles. The molecule has 1 amide bonds. The number of carbonyl (C=O) groups is 2. The van der Waals surface area contributed by atoms with Crippen LogP contribution in [0.4, 0.5) is 0 Å². The first-order valence-corrected chi connectivity index (χ1v) is 6.99. The highest BCUT2D eigenvalue weighted by atomic mass is 16.4. The number of aromatic nitrogens is 2. The number of aromatic carboxylic acids is 1. The SMILES string of the molecule is Cc1nc2cc(C(=O)O)ccc2n1C(C)C(=O)NC1CC1. The molecule has 2 N–H and O–H groups in total. The number of imidazole rings is 1. The van der Waals surface area contributed by atoms with Gasteiger partial charge in [-0.1, -0.05) is 0 Å². The summed E-state index contributed by atoms with van der Waals surface area (Å²) in [4.78, 5) is 27.6. The Hall–Kier alpha value is -2.37. The van der Waals surface area contributed by atoms with Gasteiger partial charge in [-0.2, -0.15) is 0 Å². The molecular weight excluding hydrogens is 270 g/mol. The summed E-state index contributed by atoms with van der Waals surface area (Å²) in [6.45, 7) is 3.65. The van der Waals surface area contributed by atoms with Crippen LogP contribution in [-0.2, 0) is 4.79 Å². The van der Waals surface area contributed by atoms with E-state index in [-0.39, 0.29) is 17.5 Å². The van der Waals surface area contributed by atoms with Gasteiger partial charge >= 0.3 is 5.97 Å². The summed E-state index contributed by atoms with van der Waals surface area (Å²) < 4.78 is 1.85. The maximum atomic E-state index is 12.2. The predicted octanol–water partition coefficient (Wildman–Crippen LogP) is 1.88. The summed E-state index contributed by atoms with van der Waals surface area (Å²) in [5.41, 5.74) is 1.57. The van der Waals surface area contributed by atoms with E-state index >= 15 is 0 Å². The fourth-order valence-electron chi connectivity index (χ4n) is 2.51. The van der Waals surface area contributed by atoms with E-state index in [9.17, 15) is 9.59 Å². The lowest BCUT2D eigenvalue weighted by molar-refractivity contribution is -0.124. The van der Waals surface area contributed by atoms with Crippen LogP contribution in [0.3, 0.4) is 0 Å². The lowest BCUT2D eigenvalue weighted by atomic mass is 10.2. The summed E-state index contributed by atoms with van der Waals surface area (Å²) in [7, 11) is 0. The van der Waals surface area contributed by atoms with Crippen molar-refractivity contribution in [3.63, 3.8) is 0 Å². The molecule has 6 heteroatoms. The topological polar surface area (TPSA) is 84.2 Å². The zero-order valence-corrected chi connectivity index (χ0v) is 12.0. The third-order valence-corrected chi connectivity index (χ3v) is 3.80. The van der Waals surface area contributed by atoms with Crippen LogP contribution in [0.1, 0.15) is 42.0 Å². The molecule has 2 aromatic rings. The van der Waals surface area contributed by atoms with E-state index in [4.69, 9.17) is 5.11 Å². The second-order valence-electron chi connectivity index (χ2n) is 5.50. The maximum absolute atomic E-state index is 12.2. The molecule has 1 aromatic heterocycles.